The van der Waals surface area contributed by atoms with Gasteiger partial charge < -0.3 is 20.5 Å². The molecule has 0 atom stereocenters. The highest BCUT2D eigenvalue weighted by molar-refractivity contribution is 7.90. The molecule has 0 saturated carbocycles. The van der Waals surface area contributed by atoms with E-state index in [1.807, 2.05) is 35.1 Å². The summed E-state index contributed by atoms with van der Waals surface area (Å²) in [6, 6.07) is 17.7. The third-order valence-electron chi connectivity index (χ3n) is 4.96. The van der Waals surface area contributed by atoms with Crippen LogP contribution in [0.4, 0.5) is 10.5 Å². The lowest BCUT2D eigenvalue weighted by Gasteiger charge is -2.09. The van der Waals surface area contributed by atoms with Crippen molar-refractivity contribution in [3.05, 3.63) is 84.1 Å². The minimum Gasteiger partial charge on any atom is -0.395 e. The van der Waals surface area contributed by atoms with Gasteiger partial charge in [-0.3, -0.25) is 9.59 Å². The number of pyridine rings is 1. The van der Waals surface area contributed by atoms with Crippen molar-refractivity contribution in [2.45, 2.75) is 24.2 Å². The molecule has 4 N–H and O–H groups in total. The smallest absolute Gasteiger partial charge is 0.395 e. The maximum absolute atomic E-state index is 12.6. The number of carbonyl (C=O) groups excluding carboxylic acids is 3. The van der Waals surface area contributed by atoms with E-state index in [4.69, 9.17) is 9.84 Å². The Labute approximate surface area is 213 Å². The number of aromatic nitrogens is 1. The lowest BCUT2D eigenvalue weighted by molar-refractivity contribution is -0.116. The molecule has 0 aliphatic heterocycles. The van der Waals surface area contributed by atoms with Crippen LogP contribution in [-0.2, 0) is 21.2 Å². The summed E-state index contributed by atoms with van der Waals surface area (Å²) in [6.07, 6.45) is 1.98. The van der Waals surface area contributed by atoms with E-state index in [-0.39, 0.29) is 35.4 Å². The number of benzene rings is 2. The standard InChI is InChI=1S/C25H26N4O7S/c30-16-15-26-25(33)36-23-14-9-19(17-27-23)24(32)29-37(34,35)21-12-10-20(11-13-21)28-22(31)8-4-7-18-5-2-1-3-6-18/h1-3,5-6,9-14,17,30H,4,7-8,15-16H2,(H,26,33)(H,28,31)(H,29,32). The number of nitrogens with zero attached hydrogens (tertiary/aromatic N) is 1. The number of anilines is 1. The van der Waals surface area contributed by atoms with Crippen LogP contribution in [0, 0.1) is 0 Å². The number of ether oxygens (including phenoxy) is 1. The Kier molecular flexibility index (Phi) is 9.69. The molecule has 0 fully saturated rings. The lowest BCUT2D eigenvalue weighted by atomic mass is 10.1. The van der Waals surface area contributed by atoms with Crippen LogP contribution in [0.25, 0.3) is 0 Å². The van der Waals surface area contributed by atoms with Crippen molar-refractivity contribution in [3.8, 4) is 5.88 Å². The molecule has 37 heavy (non-hydrogen) atoms. The fourth-order valence-corrected chi connectivity index (χ4v) is 4.12. The van der Waals surface area contributed by atoms with Crippen LogP contribution in [0.5, 0.6) is 5.88 Å². The number of amides is 3. The van der Waals surface area contributed by atoms with E-state index >= 15 is 0 Å². The number of rotatable bonds is 11. The largest absolute Gasteiger partial charge is 0.414 e. The van der Waals surface area contributed by atoms with Crippen LogP contribution < -0.4 is 20.1 Å². The summed E-state index contributed by atoms with van der Waals surface area (Å²) in [4.78, 5) is 39.6. The number of aliphatic hydroxyl groups excluding tert-OH is 1. The number of carbonyl (C=O) groups is 3. The van der Waals surface area contributed by atoms with Crippen molar-refractivity contribution in [1.82, 2.24) is 15.0 Å². The van der Waals surface area contributed by atoms with Gasteiger partial charge >= 0.3 is 6.09 Å². The molecule has 0 aliphatic rings. The number of hydrogen-bond acceptors (Lipinski definition) is 8. The van der Waals surface area contributed by atoms with Crippen molar-refractivity contribution in [2.75, 3.05) is 18.5 Å². The predicted octanol–water partition coefficient (Wildman–Crippen LogP) is 2.24. The van der Waals surface area contributed by atoms with Crippen LogP contribution in [0.15, 0.2) is 77.8 Å². The van der Waals surface area contributed by atoms with E-state index in [0.717, 1.165) is 18.2 Å². The third-order valence-corrected chi connectivity index (χ3v) is 6.31. The molecule has 1 heterocycles. The van der Waals surface area contributed by atoms with Crippen molar-refractivity contribution in [1.29, 1.82) is 0 Å². The average Bonchev–Trinajstić information content (AvgIpc) is 2.88. The monoisotopic (exact) mass is 526 g/mol. The molecular weight excluding hydrogens is 500 g/mol. The highest BCUT2D eigenvalue weighted by Crippen LogP contribution is 2.16. The number of sulfonamides is 1. The van der Waals surface area contributed by atoms with Crippen molar-refractivity contribution >= 4 is 33.6 Å². The Bertz CT molecular complexity index is 1310. The van der Waals surface area contributed by atoms with Crippen molar-refractivity contribution < 1.29 is 32.6 Å². The number of nitrogens with one attached hydrogen (secondary N) is 3. The molecule has 2 aromatic carbocycles. The Balaban J connectivity index is 1.51. The normalized spacial score (nSPS) is 10.8. The van der Waals surface area contributed by atoms with Gasteiger partial charge in [0.1, 0.15) is 0 Å². The molecule has 11 nitrogen and oxygen atoms in total. The first-order valence-corrected chi connectivity index (χ1v) is 12.8. The zero-order valence-corrected chi connectivity index (χ0v) is 20.5. The zero-order chi connectivity index (χ0) is 26.7. The SMILES string of the molecule is O=C(CCCc1ccccc1)Nc1ccc(S(=O)(=O)NC(=O)c2ccc(OC(=O)NCCO)nc2)cc1. The summed E-state index contributed by atoms with van der Waals surface area (Å²) >= 11 is 0. The highest BCUT2D eigenvalue weighted by atomic mass is 32.2. The topological polar surface area (TPSA) is 164 Å². The summed E-state index contributed by atoms with van der Waals surface area (Å²) < 4.78 is 32.0. The first-order valence-electron chi connectivity index (χ1n) is 11.3. The molecule has 0 unspecified atom stereocenters. The van der Waals surface area contributed by atoms with Gasteiger partial charge in [-0.05, 0) is 48.7 Å². The number of hydrogen-bond donors (Lipinski definition) is 4. The Hall–Kier alpha value is -4.29. The summed E-state index contributed by atoms with van der Waals surface area (Å²) in [6.45, 7) is -0.262. The third kappa shape index (κ3) is 8.70. The summed E-state index contributed by atoms with van der Waals surface area (Å²) in [5.74, 6) is -1.24. The Morgan fingerprint density at radius 2 is 1.68 bits per heavy atom. The maximum atomic E-state index is 12.6. The quantitative estimate of drug-likeness (QED) is 0.295. The van der Waals surface area contributed by atoms with Crippen LogP contribution in [0.1, 0.15) is 28.8 Å². The molecule has 12 heteroatoms. The van der Waals surface area contributed by atoms with E-state index in [1.54, 1.807) is 0 Å². The number of aliphatic hydroxyl groups is 1. The molecule has 3 rings (SSSR count). The van der Waals surface area contributed by atoms with Crippen LogP contribution in [-0.4, -0.2) is 49.6 Å². The molecule has 0 radical (unpaired) electrons. The maximum Gasteiger partial charge on any atom is 0.414 e. The fraction of sp³-hybridized carbons (Fsp3) is 0.200. The van der Waals surface area contributed by atoms with Gasteiger partial charge in [-0.2, -0.15) is 0 Å². The second kappa shape index (κ2) is 13.1. The first kappa shape index (κ1) is 27.3. The van der Waals surface area contributed by atoms with E-state index in [2.05, 4.69) is 15.6 Å². The second-order valence-corrected chi connectivity index (χ2v) is 9.45. The van der Waals surface area contributed by atoms with Crippen LogP contribution in [0.2, 0.25) is 0 Å². The molecule has 0 spiro atoms. The van der Waals surface area contributed by atoms with E-state index < -0.39 is 22.0 Å². The van der Waals surface area contributed by atoms with E-state index in [1.165, 1.54) is 36.4 Å². The molecule has 3 amide bonds. The van der Waals surface area contributed by atoms with Gasteiger partial charge in [-0.1, -0.05) is 30.3 Å². The summed E-state index contributed by atoms with van der Waals surface area (Å²) in [5.41, 5.74) is 1.50. The molecular formula is C25H26N4O7S. The molecule has 1 aromatic heterocycles. The Morgan fingerprint density at radius 1 is 0.946 bits per heavy atom. The van der Waals surface area contributed by atoms with Gasteiger partial charge in [0.2, 0.25) is 11.8 Å². The Morgan fingerprint density at radius 3 is 2.32 bits per heavy atom. The minimum absolute atomic E-state index is 0.000707. The minimum atomic E-state index is -4.20. The van der Waals surface area contributed by atoms with Gasteiger partial charge in [0.25, 0.3) is 15.9 Å². The van der Waals surface area contributed by atoms with Gasteiger partial charge in [0.15, 0.2) is 0 Å². The fourth-order valence-electron chi connectivity index (χ4n) is 3.14. The summed E-state index contributed by atoms with van der Waals surface area (Å²) in [5, 5.41) is 13.7. The lowest BCUT2D eigenvalue weighted by Crippen LogP contribution is -2.31. The predicted molar refractivity (Wildman–Crippen MR) is 134 cm³/mol. The molecule has 0 aliphatic carbocycles. The summed E-state index contributed by atoms with van der Waals surface area (Å²) in [7, 11) is -4.20. The second-order valence-electron chi connectivity index (χ2n) is 7.77. The van der Waals surface area contributed by atoms with Crippen molar-refractivity contribution in [2.24, 2.45) is 0 Å². The van der Waals surface area contributed by atoms with Gasteiger partial charge in [-0.25, -0.2) is 22.9 Å². The molecule has 0 bridgehead atoms. The van der Waals surface area contributed by atoms with Gasteiger partial charge in [0.05, 0.1) is 17.1 Å². The van der Waals surface area contributed by atoms with Gasteiger partial charge in [-0.15, -0.1) is 0 Å². The van der Waals surface area contributed by atoms with Gasteiger partial charge in [0, 0.05) is 30.9 Å². The van der Waals surface area contributed by atoms with Crippen molar-refractivity contribution in [3.63, 3.8) is 0 Å². The molecule has 3 aromatic rings. The van der Waals surface area contributed by atoms with E-state index in [0.29, 0.717) is 18.5 Å². The van der Waals surface area contributed by atoms with E-state index in [9.17, 15) is 22.8 Å². The molecule has 194 valence electrons. The van der Waals surface area contributed by atoms with Crippen LogP contribution in [0.3, 0.4) is 0 Å². The first-order chi connectivity index (χ1) is 17.8. The highest BCUT2D eigenvalue weighted by Gasteiger charge is 2.19. The zero-order valence-electron chi connectivity index (χ0n) is 19.7. The average molecular weight is 527 g/mol. The number of aryl methyl sites for hydroxylation is 1. The van der Waals surface area contributed by atoms with Crippen LogP contribution >= 0.6 is 0 Å². The molecule has 0 saturated heterocycles.